The summed E-state index contributed by atoms with van der Waals surface area (Å²) in [6, 6.07) is 20.9. The maximum atomic E-state index is 14.2. The molecule has 3 heterocycles. The monoisotopic (exact) mass is 424 g/mol. The maximum absolute atomic E-state index is 14.2. The van der Waals surface area contributed by atoms with Gasteiger partial charge in [0.1, 0.15) is 5.82 Å². The first kappa shape index (κ1) is 19.9. The topological polar surface area (TPSA) is 63.7 Å². The van der Waals surface area contributed by atoms with Crippen LogP contribution in [0.5, 0.6) is 5.75 Å². The van der Waals surface area contributed by atoms with Crippen molar-refractivity contribution in [3.05, 3.63) is 95.8 Å². The summed E-state index contributed by atoms with van der Waals surface area (Å²) in [7, 11) is 1.46. The van der Waals surface area contributed by atoms with Gasteiger partial charge in [-0.15, -0.1) is 0 Å². The van der Waals surface area contributed by atoms with Gasteiger partial charge in [-0.1, -0.05) is 24.3 Å². The molecule has 0 aliphatic heterocycles. The molecule has 5 nitrogen and oxygen atoms in total. The Balaban J connectivity index is 1.61. The van der Waals surface area contributed by atoms with Crippen molar-refractivity contribution in [1.29, 1.82) is 0 Å². The minimum absolute atomic E-state index is 0.225. The molecule has 158 valence electrons. The number of aromatic nitrogens is 4. The van der Waals surface area contributed by atoms with Gasteiger partial charge >= 0.3 is 0 Å². The molecule has 3 aromatic heterocycles. The summed E-state index contributed by atoms with van der Waals surface area (Å²) in [5.74, 6) is 0.567. The molecule has 0 saturated carbocycles. The van der Waals surface area contributed by atoms with E-state index in [0.717, 1.165) is 50.6 Å². The zero-order chi connectivity index (χ0) is 22.1. The van der Waals surface area contributed by atoms with Gasteiger partial charge in [-0.3, -0.25) is 9.97 Å². The number of aryl methyl sites for hydroxylation is 1. The van der Waals surface area contributed by atoms with E-state index in [1.54, 1.807) is 12.3 Å². The number of H-pyrrole nitrogens is 1. The SMILES string of the molecule is COc1ccc(Cc2nc(-c3ccc4ncccc4c3)c(-c3cccc(C)n3)[nH]2)cc1F. The zero-order valence-corrected chi connectivity index (χ0v) is 17.8. The van der Waals surface area contributed by atoms with Crippen LogP contribution in [0.1, 0.15) is 17.1 Å². The van der Waals surface area contributed by atoms with Crippen molar-refractivity contribution in [2.45, 2.75) is 13.3 Å². The van der Waals surface area contributed by atoms with E-state index in [9.17, 15) is 4.39 Å². The molecule has 6 heteroatoms. The molecule has 0 amide bonds. The normalized spacial score (nSPS) is 11.1. The molecule has 0 fully saturated rings. The molecule has 0 radical (unpaired) electrons. The molecule has 2 aromatic carbocycles. The van der Waals surface area contributed by atoms with Gasteiger partial charge in [0, 0.05) is 29.3 Å². The number of fused-ring (bicyclic) bond motifs is 1. The number of imidazole rings is 1. The van der Waals surface area contributed by atoms with Crippen LogP contribution in [0.3, 0.4) is 0 Å². The molecule has 1 N–H and O–H groups in total. The Labute approximate surface area is 185 Å². The second-order valence-electron chi connectivity index (χ2n) is 7.63. The van der Waals surface area contributed by atoms with E-state index < -0.39 is 0 Å². The number of rotatable bonds is 5. The average Bonchev–Trinajstić information content (AvgIpc) is 3.23. The smallest absolute Gasteiger partial charge is 0.165 e. The van der Waals surface area contributed by atoms with E-state index in [2.05, 4.69) is 21.0 Å². The highest BCUT2D eigenvalue weighted by atomic mass is 19.1. The minimum Gasteiger partial charge on any atom is -0.494 e. The van der Waals surface area contributed by atoms with Crippen LogP contribution < -0.4 is 4.74 Å². The number of nitrogens with one attached hydrogen (secondary N) is 1. The lowest BCUT2D eigenvalue weighted by molar-refractivity contribution is 0.386. The van der Waals surface area contributed by atoms with Crippen molar-refractivity contribution in [3.63, 3.8) is 0 Å². The van der Waals surface area contributed by atoms with E-state index in [1.165, 1.54) is 13.2 Å². The highest BCUT2D eigenvalue weighted by Crippen LogP contribution is 2.32. The highest BCUT2D eigenvalue weighted by Gasteiger charge is 2.17. The lowest BCUT2D eigenvalue weighted by Crippen LogP contribution is -1.94. The van der Waals surface area contributed by atoms with Gasteiger partial charge in [-0.25, -0.2) is 9.37 Å². The van der Waals surface area contributed by atoms with Crippen molar-refractivity contribution >= 4 is 10.9 Å². The predicted octanol–water partition coefficient (Wildman–Crippen LogP) is 5.73. The van der Waals surface area contributed by atoms with E-state index in [1.807, 2.05) is 55.5 Å². The Morgan fingerprint density at radius 3 is 2.69 bits per heavy atom. The summed E-state index contributed by atoms with van der Waals surface area (Å²) in [6.45, 7) is 1.96. The van der Waals surface area contributed by atoms with Gasteiger partial charge in [0.2, 0.25) is 0 Å². The second-order valence-corrected chi connectivity index (χ2v) is 7.63. The number of pyridine rings is 2. The first-order chi connectivity index (χ1) is 15.6. The maximum Gasteiger partial charge on any atom is 0.165 e. The first-order valence-corrected chi connectivity index (χ1v) is 10.3. The van der Waals surface area contributed by atoms with E-state index >= 15 is 0 Å². The minimum atomic E-state index is -0.389. The molecule has 0 spiro atoms. The van der Waals surface area contributed by atoms with Crippen LogP contribution >= 0.6 is 0 Å². The van der Waals surface area contributed by atoms with Gasteiger partial charge in [-0.2, -0.15) is 0 Å². The number of methoxy groups -OCH3 is 1. The Morgan fingerprint density at radius 2 is 1.88 bits per heavy atom. The third-order valence-electron chi connectivity index (χ3n) is 5.36. The van der Waals surface area contributed by atoms with Gasteiger partial charge < -0.3 is 9.72 Å². The molecule has 0 bridgehead atoms. The van der Waals surface area contributed by atoms with Gasteiger partial charge in [0.25, 0.3) is 0 Å². The lowest BCUT2D eigenvalue weighted by atomic mass is 10.1. The number of halogens is 1. The molecule has 0 saturated heterocycles. The summed E-state index contributed by atoms with van der Waals surface area (Å²) in [6.07, 6.45) is 2.24. The molecule has 0 aliphatic rings. The number of hydrogen-bond donors (Lipinski definition) is 1. The van der Waals surface area contributed by atoms with Crippen LogP contribution in [-0.2, 0) is 6.42 Å². The van der Waals surface area contributed by atoms with Crippen LogP contribution in [0.15, 0.2) is 72.9 Å². The summed E-state index contributed by atoms with van der Waals surface area (Å²) in [5, 5.41) is 1.04. The Kier molecular flexibility index (Phi) is 5.11. The predicted molar refractivity (Wildman–Crippen MR) is 123 cm³/mol. The van der Waals surface area contributed by atoms with E-state index in [0.29, 0.717) is 6.42 Å². The molecule has 0 aliphatic carbocycles. The van der Waals surface area contributed by atoms with E-state index in [-0.39, 0.29) is 11.6 Å². The fourth-order valence-electron chi connectivity index (χ4n) is 3.82. The highest BCUT2D eigenvalue weighted by molar-refractivity contribution is 5.86. The molecule has 32 heavy (non-hydrogen) atoms. The third-order valence-corrected chi connectivity index (χ3v) is 5.36. The quantitative estimate of drug-likeness (QED) is 0.391. The van der Waals surface area contributed by atoms with Crippen LogP contribution in [-0.4, -0.2) is 27.0 Å². The molecule has 0 unspecified atom stereocenters. The summed E-state index contributed by atoms with van der Waals surface area (Å²) < 4.78 is 19.2. The number of nitrogens with zero attached hydrogens (tertiary/aromatic N) is 3. The standard InChI is InChI=1S/C26H21FN4O/c1-16-5-3-7-22(29-16)26-25(19-9-10-21-18(15-19)6-4-12-28-21)30-24(31-26)14-17-8-11-23(32-2)20(27)13-17/h3-13,15H,14H2,1-2H3,(H,30,31). The third kappa shape index (κ3) is 3.83. The van der Waals surface area contributed by atoms with Gasteiger partial charge in [0.15, 0.2) is 11.6 Å². The average molecular weight is 424 g/mol. The summed E-state index contributed by atoms with van der Waals surface area (Å²) >= 11 is 0. The molecule has 5 aromatic rings. The molecule has 5 rings (SSSR count). The fraction of sp³-hybridized carbons (Fsp3) is 0.115. The van der Waals surface area contributed by atoms with E-state index in [4.69, 9.17) is 9.72 Å². The Hall–Kier alpha value is -4.06. The Morgan fingerprint density at radius 1 is 0.969 bits per heavy atom. The number of hydrogen-bond acceptors (Lipinski definition) is 4. The van der Waals surface area contributed by atoms with Crippen molar-refractivity contribution in [3.8, 4) is 28.4 Å². The van der Waals surface area contributed by atoms with Crippen molar-refractivity contribution in [2.24, 2.45) is 0 Å². The first-order valence-electron chi connectivity index (χ1n) is 10.3. The van der Waals surface area contributed by atoms with Crippen molar-refractivity contribution in [1.82, 2.24) is 19.9 Å². The Bertz CT molecular complexity index is 1430. The molecular weight excluding hydrogens is 403 g/mol. The number of ether oxygens (including phenoxy) is 1. The molecular formula is C26H21FN4O. The summed E-state index contributed by atoms with van der Waals surface area (Å²) in [4.78, 5) is 17.4. The van der Waals surface area contributed by atoms with Crippen LogP contribution in [0.4, 0.5) is 4.39 Å². The van der Waals surface area contributed by atoms with Gasteiger partial charge in [0.05, 0.1) is 29.7 Å². The van der Waals surface area contributed by atoms with Crippen molar-refractivity contribution < 1.29 is 9.13 Å². The fourth-order valence-corrected chi connectivity index (χ4v) is 3.82. The molecule has 0 atom stereocenters. The van der Waals surface area contributed by atoms with Crippen LogP contribution in [0, 0.1) is 12.7 Å². The lowest BCUT2D eigenvalue weighted by Gasteiger charge is -2.05. The van der Waals surface area contributed by atoms with Crippen LogP contribution in [0.2, 0.25) is 0 Å². The second kappa shape index (κ2) is 8.23. The largest absolute Gasteiger partial charge is 0.494 e. The number of benzene rings is 2. The van der Waals surface area contributed by atoms with Crippen molar-refractivity contribution in [2.75, 3.05) is 7.11 Å². The zero-order valence-electron chi connectivity index (χ0n) is 17.8. The number of aromatic amines is 1. The summed E-state index contributed by atoms with van der Waals surface area (Å²) in [5.41, 5.74) is 6.06. The van der Waals surface area contributed by atoms with Crippen LogP contribution in [0.25, 0.3) is 33.5 Å². The van der Waals surface area contributed by atoms with Gasteiger partial charge in [-0.05, 0) is 55.0 Å².